The Morgan fingerprint density at radius 3 is 2.86 bits per heavy atom. The van der Waals surface area contributed by atoms with Crippen LogP contribution in [0.1, 0.15) is 35.7 Å². The van der Waals surface area contributed by atoms with Gasteiger partial charge < -0.3 is 14.4 Å². The molecule has 2 aliphatic rings. The van der Waals surface area contributed by atoms with Gasteiger partial charge >= 0.3 is 5.97 Å². The van der Waals surface area contributed by atoms with Gasteiger partial charge in [-0.05, 0) is 57.0 Å². The van der Waals surface area contributed by atoms with Crippen molar-refractivity contribution in [1.29, 1.82) is 0 Å². The van der Waals surface area contributed by atoms with Crippen molar-refractivity contribution < 1.29 is 19.1 Å². The number of Topliss-reactive ketones (excluding diaryl/α,β-unsaturated/α-hetero) is 1. The molecule has 3 rings (SSSR count). The Morgan fingerprint density at radius 1 is 1.32 bits per heavy atom. The number of likely N-dealkylation sites (tertiary alicyclic amines) is 1. The molecule has 28 heavy (non-hydrogen) atoms. The smallest absolute Gasteiger partial charge is 0.324 e. The van der Waals surface area contributed by atoms with Gasteiger partial charge in [0.15, 0.2) is 5.78 Å². The van der Waals surface area contributed by atoms with E-state index in [2.05, 4.69) is 15.8 Å². The van der Waals surface area contributed by atoms with Crippen LogP contribution in [0.2, 0.25) is 0 Å². The van der Waals surface area contributed by atoms with Crippen LogP contribution in [0.25, 0.3) is 0 Å². The average Bonchev–Trinajstić information content (AvgIpc) is 3.16. The van der Waals surface area contributed by atoms with Gasteiger partial charge in [-0.25, -0.2) is 5.43 Å². The van der Waals surface area contributed by atoms with Crippen molar-refractivity contribution in [3.8, 4) is 5.75 Å². The van der Waals surface area contributed by atoms with Gasteiger partial charge in [0.1, 0.15) is 11.8 Å². The fraction of sp³-hybridized carbons (Fsp3) is 0.619. The number of hydrogen-bond acceptors (Lipinski definition) is 7. The highest BCUT2D eigenvalue weighted by Crippen LogP contribution is 2.26. The monoisotopic (exact) mass is 389 g/mol. The fourth-order valence-electron chi connectivity index (χ4n) is 4.22. The third-order valence-corrected chi connectivity index (χ3v) is 5.70. The lowest BCUT2D eigenvalue weighted by molar-refractivity contribution is -0.146. The summed E-state index contributed by atoms with van der Waals surface area (Å²) in [6.07, 6.45) is 1.90. The SMILES string of the molecule is CCOC(=O)C1NNCC1CN1CCCC(C(=O)c2ccc(OC)cc2C)C1. The number of nitrogens with zero attached hydrogens (tertiary/aromatic N) is 1. The van der Waals surface area contributed by atoms with Crippen molar-refractivity contribution in [1.82, 2.24) is 15.8 Å². The number of methoxy groups -OCH3 is 1. The van der Waals surface area contributed by atoms with E-state index in [-0.39, 0.29) is 29.6 Å². The van der Waals surface area contributed by atoms with Crippen molar-refractivity contribution in [3.05, 3.63) is 29.3 Å². The molecule has 7 nitrogen and oxygen atoms in total. The summed E-state index contributed by atoms with van der Waals surface area (Å²) in [4.78, 5) is 27.5. The van der Waals surface area contributed by atoms with Gasteiger partial charge in [-0.1, -0.05) is 0 Å². The Labute approximate surface area is 166 Å². The Hall–Kier alpha value is -1.96. The highest BCUT2D eigenvalue weighted by Gasteiger charge is 2.36. The zero-order chi connectivity index (χ0) is 20.1. The van der Waals surface area contributed by atoms with Crippen molar-refractivity contribution in [3.63, 3.8) is 0 Å². The van der Waals surface area contributed by atoms with E-state index < -0.39 is 0 Å². The van der Waals surface area contributed by atoms with Crippen molar-refractivity contribution in [2.45, 2.75) is 32.7 Å². The quantitative estimate of drug-likeness (QED) is 0.541. The number of ketones is 1. The summed E-state index contributed by atoms with van der Waals surface area (Å²) >= 11 is 0. The first kappa shape index (κ1) is 20.8. The third kappa shape index (κ3) is 4.71. The molecule has 0 aromatic heterocycles. The Morgan fingerprint density at radius 2 is 2.14 bits per heavy atom. The summed E-state index contributed by atoms with van der Waals surface area (Å²) < 4.78 is 10.4. The number of ether oxygens (including phenoxy) is 2. The Balaban J connectivity index is 1.62. The number of aryl methyl sites for hydroxylation is 1. The summed E-state index contributed by atoms with van der Waals surface area (Å²) in [6.45, 7) is 7.33. The first-order valence-corrected chi connectivity index (χ1v) is 10.1. The molecule has 1 aromatic carbocycles. The van der Waals surface area contributed by atoms with Crippen LogP contribution in [0.3, 0.4) is 0 Å². The molecule has 1 aromatic rings. The van der Waals surface area contributed by atoms with Crippen molar-refractivity contribution >= 4 is 11.8 Å². The van der Waals surface area contributed by atoms with Crippen LogP contribution in [0.5, 0.6) is 5.75 Å². The van der Waals surface area contributed by atoms with E-state index in [1.807, 2.05) is 32.0 Å². The van der Waals surface area contributed by atoms with Crippen LogP contribution >= 0.6 is 0 Å². The van der Waals surface area contributed by atoms with Crippen LogP contribution < -0.4 is 15.6 Å². The van der Waals surface area contributed by atoms with E-state index in [0.717, 1.165) is 55.9 Å². The van der Waals surface area contributed by atoms with Crippen molar-refractivity contribution in [2.75, 3.05) is 39.9 Å². The van der Waals surface area contributed by atoms with E-state index in [1.54, 1.807) is 7.11 Å². The van der Waals surface area contributed by atoms with Gasteiger partial charge in [0.25, 0.3) is 0 Å². The molecule has 0 saturated carbocycles. The molecule has 0 aliphatic carbocycles. The standard InChI is InChI=1S/C21H31N3O4/c1-4-28-21(26)19-16(11-22-23-19)13-24-9-5-6-15(12-24)20(25)18-8-7-17(27-3)10-14(18)2/h7-8,10,15-16,19,22-23H,4-6,9,11-13H2,1-3H3. The second-order valence-corrected chi connectivity index (χ2v) is 7.66. The minimum atomic E-state index is -0.333. The molecule has 2 aliphatic heterocycles. The number of carbonyl (C=O) groups excluding carboxylic acids is 2. The van der Waals surface area contributed by atoms with Crippen LogP contribution in [-0.4, -0.2) is 62.6 Å². The van der Waals surface area contributed by atoms with E-state index in [4.69, 9.17) is 9.47 Å². The van der Waals surface area contributed by atoms with E-state index >= 15 is 0 Å². The average molecular weight is 389 g/mol. The molecular weight excluding hydrogens is 358 g/mol. The van der Waals surface area contributed by atoms with Crippen LogP contribution in [0.4, 0.5) is 0 Å². The number of nitrogens with one attached hydrogen (secondary N) is 2. The number of hydrogen-bond donors (Lipinski definition) is 2. The minimum absolute atomic E-state index is 0.00999. The summed E-state index contributed by atoms with van der Waals surface area (Å²) in [6, 6.07) is 5.30. The van der Waals surface area contributed by atoms with Gasteiger partial charge in [-0.15, -0.1) is 0 Å². The predicted octanol–water partition coefficient (Wildman–Crippen LogP) is 1.55. The molecule has 2 fully saturated rings. The second-order valence-electron chi connectivity index (χ2n) is 7.66. The second kappa shape index (κ2) is 9.49. The lowest BCUT2D eigenvalue weighted by Crippen LogP contribution is -2.46. The highest BCUT2D eigenvalue weighted by atomic mass is 16.5. The molecular formula is C21H31N3O4. The third-order valence-electron chi connectivity index (χ3n) is 5.70. The van der Waals surface area contributed by atoms with Gasteiger partial charge in [0.2, 0.25) is 0 Å². The van der Waals surface area contributed by atoms with Gasteiger partial charge in [0, 0.05) is 37.0 Å². The molecule has 0 spiro atoms. The van der Waals surface area contributed by atoms with Crippen LogP contribution in [0, 0.1) is 18.8 Å². The largest absolute Gasteiger partial charge is 0.497 e. The maximum absolute atomic E-state index is 13.1. The number of rotatable bonds is 7. The lowest BCUT2D eigenvalue weighted by atomic mass is 9.87. The van der Waals surface area contributed by atoms with Gasteiger partial charge in [-0.2, -0.15) is 0 Å². The van der Waals surface area contributed by atoms with Crippen LogP contribution in [-0.2, 0) is 9.53 Å². The molecule has 3 unspecified atom stereocenters. The topological polar surface area (TPSA) is 79.9 Å². The van der Waals surface area contributed by atoms with Crippen LogP contribution in [0.15, 0.2) is 18.2 Å². The number of esters is 1. The van der Waals surface area contributed by atoms with Gasteiger partial charge in [-0.3, -0.25) is 15.0 Å². The normalized spacial score (nSPS) is 25.5. The number of benzene rings is 1. The molecule has 3 atom stereocenters. The number of piperidine rings is 1. The zero-order valence-corrected chi connectivity index (χ0v) is 17.0. The molecule has 154 valence electrons. The fourth-order valence-corrected chi connectivity index (χ4v) is 4.22. The summed E-state index contributed by atoms with van der Waals surface area (Å²) in [5.41, 5.74) is 7.83. The summed E-state index contributed by atoms with van der Waals surface area (Å²) in [7, 11) is 1.63. The van der Waals surface area contributed by atoms with Crippen molar-refractivity contribution in [2.24, 2.45) is 11.8 Å². The first-order chi connectivity index (χ1) is 13.5. The molecule has 2 heterocycles. The molecule has 0 radical (unpaired) electrons. The molecule has 0 bridgehead atoms. The summed E-state index contributed by atoms with van der Waals surface area (Å²) in [5.74, 6) is 0.885. The number of hydrazine groups is 1. The Kier molecular flexibility index (Phi) is 7.04. The molecule has 2 N–H and O–H groups in total. The Bertz CT molecular complexity index is 709. The maximum Gasteiger partial charge on any atom is 0.324 e. The molecule has 0 amide bonds. The zero-order valence-electron chi connectivity index (χ0n) is 17.0. The van der Waals surface area contributed by atoms with E-state index in [0.29, 0.717) is 6.61 Å². The maximum atomic E-state index is 13.1. The predicted molar refractivity (Wildman–Crippen MR) is 106 cm³/mol. The lowest BCUT2D eigenvalue weighted by Gasteiger charge is -2.34. The van der Waals surface area contributed by atoms with E-state index in [1.165, 1.54) is 0 Å². The molecule has 2 saturated heterocycles. The first-order valence-electron chi connectivity index (χ1n) is 10.1. The summed E-state index contributed by atoms with van der Waals surface area (Å²) in [5, 5.41) is 0. The van der Waals surface area contributed by atoms with E-state index in [9.17, 15) is 9.59 Å². The van der Waals surface area contributed by atoms with Gasteiger partial charge in [0.05, 0.1) is 13.7 Å². The molecule has 7 heteroatoms. The highest BCUT2D eigenvalue weighted by molar-refractivity contribution is 5.99. The number of carbonyl (C=O) groups is 2. The minimum Gasteiger partial charge on any atom is -0.497 e.